The van der Waals surface area contributed by atoms with Gasteiger partial charge >= 0.3 is 0 Å². The second-order valence-corrected chi connectivity index (χ2v) is 12.0. The molecule has 0 fully saturated rings. The highest BCUT2D eigenvalue weighted by atomic mass is 16.3. The van der Waals surface area contributed by atoms with E-state index in [-0.39, 0.29) is 0 Å². The molecule has 10 rings (SSSR count). The van der Waals surface area contributed by atoms with Gasteiger partial charge in [0.15, 0.2) is 0 Å². The predicted molar refractivity (Wildman–Crippen MR) is 194 cm³/mol. The van der Waals surface area contributed by atoms with Crippen molar-refractivity contribution in [1.29, 1.82) is 0 Å². The van der Waals surface area contributed by atoms with Crippen LogP contribution < -0.4 is 0 Å². The van der Waals surface area contributed by atoms with E-state index >= 15 is 0 Å². The van der Waals surface area contributed by atoms with E-state index in [0.717, 1.165) is 72.2 Å². The fourth-order valence-electron chi connectivity index (χ4n) is 7.19. The molecule has 0 saturated heterocycles. The molecule has 0 bridgehead atoms. The third kappa shape index (κ3) is 3.92. The number of furan rings is 1. The molecule has 4 nitrogen and oxygen atoms in total. The van der Waals surface area contributed by atoms with Crippen molar-refractivity contribution < 1.29 is 4.42 Å². The lowest BCUT2D eigenvalue weighted by Crippen LogP contribution is -1.98. The normalized spacial score (nSPS) is 11.8. The van der Waals surface area contributed by atoms with Gasteiger partial charge in [0.1, 0.15) is 17.0 Å². The van der Waals surface area contributed by atoms with Gasteiger partial charge in [-0.25, -0.2) is 4.98 Å². The van der Waals surface area contributed by atoms with Crippen molar-refractivity contribution in [1.82, 2.24) is 14.1 Å². The largest absolute Gasteiger partial charge is 0.455 e. The van der Waals surface area contributed by atoms with Crippen LogP contribution >= 0.6 is 0 Å². The molecule has 10 aromatic rings. The van der Waals surface area contributed by atoms with Gasteiger partial charge in [-0.15, -0.1) is 0 Å². The monoisotopic (exact) mass is 601 g/mol. The van der Waals surface area contributed by atoms with Crippen LogP contribution in [-0.4, -0.2) is 14.1 Å². The van der Waals surface area contributed by atoms with Crippen LogP contribution in [0.25, 0.3) is 88.7 Å². The number of para-hydroxylation sites is 4. The van der Waals surface area contributed by atoms with E-state index in [1.807, 2.05) is 24.3 Å². The molecule has 0 aliphatic rings. The van der Waals surface area contributed by atoms with Gasteiger partial charge in [-0.05, 0) is 83.9 Å². The number of rotatable bonds is 4. The van der Waals surface area contributed by atoms with Gasteiger partial charge in [0.25, 0.3) is 0 Å². The molecule has 0 aliphatic carbocycles. The summed E-state index contributed by atoms with van der Waals surface area (Å²) in [4.78, 5) is 5.13. The van der Waals surface area contributed by atoms with Crippen molar-refractivity contribution in [3.63, 3.8) is 0 Å². The van der Waals surface area contributed by atoms with Gasteiger partial charge in [0.2, 0.25) is 0 Å². The summed E-state index contributed by atoms with van der Waals surface area (Å²) in [7, 11) is 0. The van der Waals surface area contributed by atoms with Gasteiger partial charge in [-0.2, -0.15) is 0 Å². The summed E-state index contributed by atoms with van der Waals surface area (Å²) in [6.45, 7) is 0. The Balaban J connectivity index is 1.12. The SMILES string of the molecule is c1ccc(-c2ccc(-n3c(-c4ccc(-n5c6ccccc6c6c7oc8ccccc8c7ccc65)cc4)nc4ccccc43)cc2)cc1. The van der Waals surface area contributed by atoms with Crippen molar-refractivity contribution in [2.45, 2.75) is 0 Å². The molecule has 47 heavy (non-hydrogen) atoms. The first-order valence-corrected chi connectivity index (χ1v) is 15.9. The van der Waals surface area contributed by atoms with Crippen LogP contribution in [0.3, 0.4) is 0 Å². The van der Waals surface area contributed by atoms with E-state index in [2.05, 4.69) is 149 Å². The van der Waals surface area contributed by atoms with Crippen molar-refractivity contribution in [3.8, 4) is 33.9 Å². The van der Waals surface area contributed by atoms with E-state index < -0.39 is 0 Å². The molecule has 0 spiro atoms. The van der Waals surface area contributed by atoms with Gasteiger partial charge in [-0.3, -0.25) is 4.57 Å². The molecule has 220 valence electrons. The minimum atomic E-state index is 0.911. The minimum absolute atomic E-state index is 0.911. The molecular weight excluding hydrogens is 574 g/mol. The van der Waals surface area contributed by atoms with Crippen LogP contribution in [0, 0.1) is 0 Å². The van der Waals surface area contributed by atoms with E-state index in [1.165, 1.54) is 16.5 Å². The first kappa shape index (κ1) is 25.9. The van der Waals surface area contributed by atoms with E-state index in [4.69, 9.17) is 9.40 Å². The lowest BCUT2D eigenvalue weighted by molar-refractivity contribution is 0.673. The average Bonchev–Trinajstić information content (AvgIpc) is 3.82. The van der Waals surface area contributed by atoms with Gasteiger partial charge in [-0.1, -0.05) is 91.0 Å². The molecule has 0 saturated carbocycles. The summed E-state index contributed by atoms with van der Waals surface area (Å²) in [5.74, 6) is 0.913. The average molecular weight is 602 g/mol. The lowest BCUT2D eigenvalue weighted by Gasteiger charge is -2.12. The molecule has 0 N–H and O–H groups in total. The molecule has 3 aromatic heterocycles. The zero-order chi connectivity index (χ0) is 30.9. The van der Waals surface area contributed by atoms with Crippen LogP contribution in [0.15, 0.2) is 168 Å². The van der Waals surface area contributed by atoms with Gasteiger partial charge in [0, 0.05) is 33.1 Å². The second kappa shape index (κ2) is 10.1. The van der Waals surface area contributed by atoms with E-state index in [0.29, 0.717) is 0 Å². The zero-order valence-corrected chi connectivity index (χ0v) is 25.3. The fraction of sp³-hybridized carbons (Fsp3) is 0. The van der Waals surface area contributed by atoms with E-state index in [1.54, 1.807) is 0 Å². The molecule has 3 heterocycles. The Kier molecular flexibility index (Phi) is 5.54. The van der Waals surface area contributed by atoms with Crippen LogP contribution in [-0.2, 0) is 0 Å². The predicted octanol–water partition coefficient (Wildman–Crippen LogP) is 11.4. The Hall–Kier alpha value is -6.39. The number of benzene rings is 7. The fourth-order valence-corrected chi connectivity index (χ4v) is 7.19. The number of nitrogens with zero attached hydrogens (tertiary/aromatic N) is 3. The molecule has 0 aliphatic heterocycles. The lowest BCUT2D eigenvalue weighted by atomic mass is 10.1. The van der Waals surface area contributed by atoms with Crippen molar-refractivity contribution in [2.24, 2.45) is 0 Å². The quantitative estimate of drug-likeness (QED) is 0.201. The summed E-state index contributed by atoms with van der Waals surface area (Å²) in [5.41, 5.74) is 11.8. The van der Waals surface area contributed by atoms with Crippen LogP contribution in [0.2, 0.25) is 0 Å². The maximum atomic E-state index is 6.49. The Bertz CT molecular complexity index is 2760. The minimum Gasteiger partial charge on any atom is -0.455 e. The molecule has 0 radical (unpaired) electrons. The summed E-state index contributed by atoms with van der Waals surface area (Å²) in [6.07, 6.45) is 0. The highest BCUT2D eigenvalue weighted by molar-refractivity contribution is 6.23. The molecule has 0 amide bonds. The second-order valence-electron chi connectivity index (χ2n) is 12.0. The Morgan fingerprint density at radius 1 is 0.404 bits per heavy atom. The maximum absolute atomic E-state index is 6.49. The third-order valence-electron chi connectivity index (χ3n) is 9.36. The summed E-state index contributed by atoms with van der Waals surface area (Å²) in [5, 5.41) is 4.60. The molecule has 7 aromatic carbocycles. The summed E-state index contributed by atoms with van der Waals surface area (Å²) < 4.78 is 11.1. The maximum Gasteiger partial charge on any atom is 0.145 e. The van der Waals surface area contributed by atoms with Crippen molar-refractivity contribution in [2.75, 3.05) is 0 Å². The zero-order valence-electron chi connectivity index (χ0n) is 25.3. The molecule has 0 atom stereocenters. The highest BCUT2D eigenvalue weighted by Crippen LogP contribution is 2.40. The number of imidazole rings is 1. The van der Waals surface area contributed by atoms with Crippen molar-refractivity contribution >= 4 is 54.8 Å². The Labute approximate surface area is 270 Å². The number of fused-ring (bicyclic) bond motifs is 8. The van der Waals surface area contributed by atoms with Gasteiger partial charge < -0.3 is 8.98 Å². The van der Waals surface area contributed by atoms with Crippen LogP contribution in [0.4, 0.5) is 0 Å². The first-order chi connectivity index (χ1) is 23.3. The summed E-state index contributed by atoms with van der Waals surface area (Å²) >= 11 is 0. The number of hydrogen-bond acceptors (Lipinski definition) is 2. The smallest absolute Gasteiger partial charge is 0.145 e. The van der Waals surface area contributed by atoms with Crippen LogP contribution in [0.5, 0.6) is 0 Å². The number of hydrogen-bond donors (Lipinski definition) is 0. The number of aromatic nitrogens is 3. The first-order valence-electron chi connectivity index (χ1n) is 15.9. The molecular formula is C43H27N3O. The van der Waals surface area contributed by atoms with E-state index in [9.17, 15) is 0 Å². The standard InChI is InChI=1S/C43H27N3O/c1-2-10-28(11-3-1)29-18-22-32(23-19-29)46-38-16-8-6-14-36(38)44-43(46)30-20-24-31(25-21-30)45-37-15-7-4-13-35(37)41-39(45)27-26-34-33-12-5-9-17-40(33)47-42(34)41/h1-27H. The Morgan fingerprint density at radius 3 is 1.83 bits per heavy atom. The third-order valence-corrected chi connectivity index (χ3v) is 9.36. The summed E-state index contributed by atoms with van der Waals surface area (Å²) in [6, 6.07) is 57.7. The topological polar surface area (TPSA) is 35.9 Å². The van der Waals surface area contributed by atoms with Crippen molar-refractivity contribution in [3.05, 3.63) is 164 Å². The Morgan fingerprint density at radius 2 is 1.02 bits per heavy atom. The molecule has 4 heteroatoms. The molecule has 0 unspecified atom stereocenters. The highest BCUT2D eigenvalue weighted by Gasteiger charge is 2.19. The van der Waals surface area contributed by atoms with Crippen LogP contribution in [0.1, 0.15) is 0 Å². The van der Waals surface area contributed by atoms with Gasteiger partial charge in [0.05, 0.1) is 27.5 Å².